The van der Waals surface area contributed by atoms with Crippen LogP contribution >= 0.6 is 58.2 Å². The molecule has 0 aromatic heterocycles. The minimum Gasteiger partial charge on any atom is -0.324 e. The molecule has 0 saturated carbocycles. The number of hydrogen-bond acceptors (Lipinski definition) is 3. The smallest absolute Gasteiger partial charge is 0.234 e. The van der Waals surface area contributed by atoms with E-state index in [0.29, 0.717) is 21.4 Å². The molecule has 4 nitrogen and oxygen atoms in total. The van der Waals surface area contributed by atoms with Gasteiger partial charge in [0, 0.05) is 0 Å². The minimum atomic E-state index is -0.289. The number of carbonyl (C=O) groups is 2. The first-order valence-electron chi connectivity index (χ1n) is 6.94. The average molecular weight is 438 g/mol. The summed E-state index contributed by atoms with van der Waals surface area (Å²) >= 11 is 24.9. The first kappa shape index (κ1) is 20.2. The van der Waals surface area contributed by atoms with E-state index in [1.165, 1.54) is 0 Å². The van der Waals surface area contributed by atoms with E-state index in [1.54, 1.807) is 36.4 Å². The predicted octanol–water partition coefficient (Wildman–Crippen LogP) is 5.61. The third kappa shape index (κ3) is 5.97. The van der Waals surface area contributed by atoms with Crippen LogP contribution in [0.3, 0.4) is 0 Å². The van der Waals surface area contributed by atoms with E-state index >= 15 is 0 Å². The van der Waals surface area contributed by atoms with Gasteiger partial charge < -0.3 is 10.6 Å². The summed E-state index contributed by atoms with van der Waals surface area (Å²) in [4.78, 5) is 23.8. The largest absolute Gasteiger partial charge is 0.324 e. The first-order valence-corrected chi connectivity index (χ1v) is 9.60. The molecule has 0 aliphatic rings. The van der Waals surface area contributed by atoms with E-state index in [1.807, 2.05) is 0 Å². The quantitative estimate of drug-likeness (QED) is 0.617. The van der Waals surface area contributed by atoms with Crippen LogP contribution in [0.1, 0.15) is 0 Å². The molecule has 0 aliphatic heterocycles. The van der Waals surface area contributed by atoms with E-state index in [4.69, 9.17) is 46.4 Å². The molecule has 132 valence electrons. The molecule has 0 atom stereocenters. The Labute approximate surface area is 169 Å². The number of anilines is 2. The zero-order valence-electron chi connectivity index (χ0n) is 12.6. The molecule has 0 heterocycles. The van der Waals surface area contributed by atoms with Crippen LogP contribution in [0, 0.1) is 0 Å². The summed E-state index contributed by atoms with van der Waals surface area (Å²) in [6, 6.07) is 9.90. The lowest BCUT2D eigenvalue weighted by atomic mass is 10.3. The fourth-order valence-electron chi connectivity index (χ4n) is 1.81. The van der Waals surface area contributed by atoms with Gasteiger partial charge in [-0.15, -0.1) is 11.8 Å². The second-order valence-electron chi connectivity index (χ2n) is 4.79. The van der Waals surface area contributed by atoms with Crippen LogP contribution in [0.2, 0.25) is 20.1 Å². The number of hydrogen-bond donors (Lipinski definition) is 2. The average Bonchev–Trinajstić information content (AvgIpc) is 2.56. The number of benzene rings is 2. The van der Waals surface area contributed by atoms with Gasteiger partial charge in [0.05, 0.1) is 43.0 Å². The van der Waals surface area contributed by atoms with Gasteiger partial charge in [-0.3, -0.25) is 9.59 Å². The molecule has 0 radical (unpaired) electrons. The summed E-state index contributed by atoms with van der Waals surface area (Å²) < 4.78 is 0. The van der Waals surface area contributed by atoms with Gasteiger partial charge in [0.15, 0.2) is 0 Å². The highest BCUT2D eigenvalue weighted by Crippen LogP contribution is 2.30. The Bertz CT molecular complexity index is 736. The van der Waals surface area contributed by atoms with Crippen LogP contribution in [0.5, 0.6) is 0 Å². The van der Waals surface area contributed by atoms with E-state index in [-0.39, 0.29) is 33.4 Å². The highest BCUT2D eigenvalue weighted by molar-refractivity contribution is 8.00. The first-order chi connectivity index (χ1) is 11.9. The van der Waals surface area contributed by atoms with Gasteiger partial charge in [-0.2, -0.15) is 0 Å². The molecule has 25 heavy (non-hydrogen) atoms. The van der Waals surface area contributed by atoms with E-state index in [0.717, 1.165) is 11.8 Å². The number of amides is 2. The number of nitrogens with one attached hydrogen (secondary N) is 2. The van der Waals surface area contributed by atoms with Crippen molar-refractivity contribution >= 4 is 81.4 Å². The fraction of sp³-hybridized carbons (Fsp3) is 0.125. The van der Waals surface area contributed by atoms with Crippen molar-refractivity contribution in [3.63, 3.8) is 0 Å². The lowest BCUT2D eigenvalue weighted by Crippen LogP contribution is -2.18. The van der Waals surface area contributed by atoms with Gasteiger partial charge in [-0.05, 0) is 24.3 Å². The molecular weight excluding hydrogens is 426 g/mol. The Morgan fingerprint density at radius 2 is 1.16 bits per heavy atom. The van der Waals surface area contributed by atoms with Gasteiger partial charge in [0.25, 0.3) is 0 Å². The molecule has 2 amide bonds. The lowest BCUT2D eigenvalue weighted by molar-refractivity contribution is -0.114. The number of rotatable bonds is 6. The molecule has 2 rings (SSSR count). The van der Waals surface area contributed by atoms with Crippen LogP contribution in [-0.4, -0.2) is 23.3 Å². The normalized spacial score (nSPS) is 10.4. The molecule has 0 spiro atoms. The summed E-state index contributed by atoms with van der Waals surface area (Å²) in [5.74, 6) is -0.412. The number of halogens is 4. The summed E-state index contributed by atoms with van der Waals surface area (Å²) in [6.07, 6.45) is 0. The van der Waals surface area contributed by atoms with Crippen molar-refractivity contribution in [1.82, 2.24) is 0 Å². The van der Waals surface area contributed by atoms with Gasteiger partial charge >= 0.3 is 0 Å². The molecule has 0 saturated heterocycles. The maximum atomic E-state index is 11.9. The zero-order chi connectivity index (χ0) is 18.4. The van der Waals surface area contributed by atoms with Crippen molar-refractivity contribution in [3.8, 4) is 0 Å². The fourth-order valence-corrected chi connectivity index (χ4v) is 3.12. The molecule has 0 unspecified atom stereocenters. The zero-order valence-corrected chi connectivity index (χ0v) is 16.5. The Morgan fingerprint density at radius 1 is 0.760 bits per heavy atom. The Morgan fingerprint density at radius 3 is 1.56 bits per heavy atom. The van der Waals surface area contributed by atoms with Crippen LogP contribution in [-0.2, 0) is 9.59 Å². The number of carbonyl (C=O) groups excluding carboxylic acids is 2. The summed E-state index contributed by atoms with van der Waals surface area (Å²) in [5.41, 5.74) is 0.852. The van der Waals surface area contributed by atoms with E-state index < -0.39 is 0 Å². The Hall–Kier alpha value is -1.11. The molecular formula is C16H12Cl4N2O2S. The Balaban J connectivity index is 1.80. The third-order valence-corrected chi connectivity index (χ3v) is 5.49. The van der Waals surface area contributed by atoms with Crippen LogP contribution < -0.4 is 10.6 Å². The van der Waals surface area contributed by atoms with Crippen molar-refractivity contribution in [2.75, 3.05) is 22.1 Å². The number of thioether (sulfide) groups is 1. The van der Waals surface area contributed by atoms with Crippen molar-refractivity contribution in [2.24, 2.45) is 0 Å². The van der Waals surface area contributed by atoms with Crippen molar-refractivity contribution in [1.29, 1.82) is 0 Å². The van der Waals surface area contributed by atoms with Crippen molar-refractivity contribution in [3.05, 3.63) is 56.5 Å². The predicted molar refractivity (Wildman–Crippen MR) is 108 cm³/mol. The molecule has 2 N–H and O–H groups in total. The molecule has 2 aromatic carbocycles. The van der Waals surface area contributed by atoms with E-state index in [2.05, 4.69) is 10.6 Å². The van der Waals surface area contributed by atoms with E-state index in [9.17, 15) is 9.59 Å². The molecule has 9 heteroatoms. The highest BCUT2D eigenvalue weighted by Gasteiger charge is 2.11. The molecule has 0 aliphatic carbocycles. The van der Waals surface area contributed by atoms with Gasteiger partial charge in [-0.1, -0.05) is 58.5 Å². The second-order valence-corrected chi connectivity index (χ2v) is 7.35. The van der Waals surface area contributed by atoms with Crippen LogP contribution in [0.4, 0.5) is 11.4 Å². The Kier molecular flexibility index (Phi) is 7.72. The monoisotopic (exact) mass is 436 g/mol. The molecule has 2 aromatic rings. The topological polar surface area (TPSA) is 58.2 Å². The van der Waals surface area contributed by atoms with Gasteiger partial charge in [0.2, 0.25) is 11.8 Å². The van der Waals surface area contributed by atoms with Crippen molar-refractivity contribution < 1.29 is 9.59 Å². The second kappa shape index (κ2) is 9.55. The summed E-state index contributed by atoms with van der Waals surface area (Å²) in [6.45, 7) is 0. The standard InChI is InChI=1S/C16H12Cl4N2O2S/c17-9-3-1-5-11(15(9)19)21-13(23)7-25-8-14(24)22-12-6-2-4-10(18)16(12)20/h1-6H,7-8H2,(H,21,23)(H,22,24). The maximum absolute atomic E-state index is 11.9. The SMILES string of the molecule is O=C(CSCC(=O)Nc1cccc(Cl)c1Cl)Nc1cccc(Cl)c1Cl. The molecule has 0 bridgehead atoms. The summed E-state index contributed by atoms with van der Waals surface area (Å²) in [7, 11) is 0. The molecule has 0 fully saturated rings. The maximum Gasteiger partial charge on any atom is 0.234 e. The van der Waals surface area contributed by atoms with Gasteiger partial charge in [0.1, 0.15) is 0 Å². The van der Waals surface area contributed by atoms with Gasteiger partial charge in [-0.25, -0.2) is 0 Å². The third-order valence-electron chi connectivity index (χ3n) is 2.92. The van der Waals surface area contributed by atoms with Crippen LogP contribution in [0.25, 0.3) is 0 Å². The summed E-state index contributed by atoms with van der Waals surface area (Å²) in [5, 5.41) is 6.54. The highest BCUT2D eigenvalue weighted by atomic mass is 35.5. The van der Waals surface area contributed by atoms with Crippen molar-refractivity contribution in [2.45, 2.75) is 0 Å². The van der Waals surface area contributed by atoms with Crippen LogP contribution in [0.15, 0.2) is 36.4 Å². The minimum absolute atomic E-state index is 0.0829. The lowest BCUT2D eigenvalue weighted by Gasteiger charge is -2.09.